The van der Waals surface area contributed by atoms with Gasteiger partial charge in [-0.15, -0.1) is 0 Å². The Morgan fingerprint density at radius 3 is 2.50 bits per heavy atom. The Morgan fingerprint density at radius 1 is 1.40 bits per heavy atom. The predicted molar refractivity (Wildman–Crippen MR) is 83.4 cm³/mol. The van der Waals surface area contributed by atoms with E-state index in [4.69, 9.17) is 22.7 Å². The Bertz CT molecular complexity index is 378. The molecule has 3 N–H and O–H groups in total. The maximum atomic E-state index is 12.4. The predicted octanol–water partition coefficient (Wildman–Crippen LogP) is 2.15. The second-order valence-electron chi connectivity index (χ2n) is 6.34. The first-order valence-electron chi connectivity index (χ1n) is 7.72. The van der Waals surface area contributed by atoms with Crippen LogP contribution in [0.1, 0.15) is 52.4 Å². The summed E-state index contributed by atoms with van der Waals surface area (Å²) in [5.74, 6) is 0.958. The lowest BCUT2D eigenvalue weighted by atomic mass is 9.75. The molecule has 4 nitrogen and oxygen atoms in total. The first-order valence-corrected chi connectivity index (χ1v) is 8.13. The van der Waals surface area contributed by atoms with Crippen LogP contribution in [0.3, 0.4) is 0 Å². The molecule has 2 unspecified atom stereocenters. The summed E-state index contributed by atoms with van der Waals surface area (Å²) in [6, 6.07) is 0. The summed E-state index contributed by atoms with van der Waals surface area (Å²) in [4.78, 5) is 12.9. The Labute approximate surface area is 126 Å². The highest BCUT2D eigenvalue weighted by atomic mass is 32.1. The molecule has 5 heteroatoms. The number of hydrogen-bond acceptors (Lipinski definition) is 3. The van der Waals surface area contributed by atoms with Gasteiger partial charge < -0.3 is 15.8 Å². The largest absolute Gasteiger partial charge is 0.391 e. The molecule has 114 valence electrons. The van der Waals surface area contributed by atoms with Gasteiger partial charge in [0.2, 0.25) is 5.91 Å². The number of ether oxygens (including phenoxy) is 1. The van der Waals surface area contributed by atoms with Crippen molar-refractivity contribution in [2.75, 3.05) is 6.61 Å². The van der Waals surface area contributed by atoms with Crippen LogP contribution in [0.2, 0.25) is 0 Å². The molecule has 0 spiro atoms. The molecule has 0 bridgehead atoms. The average molecular weight is 298 g/mol. The van der Waals surface area contributed by atoms with Crippen molar-refractivity contribution in [3.8, 4) is 0 Å². The number of nitrogens with one attached hydrogen (secondary N) is 1. The summed E-state index contributed by atoms with van der Waals surface area (Å²) in [7, 11) is 0. The SMILES string of the molecule is CCC1CCC(NC(=O)C2OCCC2C)(C(N)=S)CC1. The van der Waals surface area contributed by atoms with Crippen LogP contribution in [0.5, 0.6) is 0 Å². The fourth-order valence-electron chi connectivity index (χ4n) is 3.35. The van der Waals surface area contributed by atoms with Crippen molar-refractivity contribution in [3.05, 3.63) is 0 Å². The standard InChI is InChI=1S/C15H26N2O2S/c1-3-11-4-7-15(8-5-11,14(16)20)17-13(18)12-10(2)6-9-19-12/h10-12H,3-9H2,1-2H3,(H2,16,20)(H,17,18). The summed E-state index contributed by atoms with van der Waals surface area (Å²) in [6.07, 6.45) is 5.65. The van der Waals surface area contributed by atoms with Gasteiger partial charge in [-0.2, -0.15) is 0 Å². The Hall–Kier alpha value is -0.680. The molecule has 0 aromatic carbocycles. The van der Waals surface area contributed by atoms with E-state index in [1.807, 2.05) is 0 Å². The third kappa shape index (κ3) is 3.14. The number of thiocarbonyl (C=S) groups is 1. The van der Waals surface area contributed by atoms with Crippen LogP contribution in [0.15, 0.2) is 0 Å². The van der Waals surface area contributed by atoms with Gasteiger partial charge in [-0.05, 0) is 43.9 Å². The first kappa shape index (κ1) is 15.7. The van der Waals surface area contributed by atoms with Crippen LogP contribution in [0, 0.1) is 11.8 Å². The second kappa shape index (κ2) is 6.39. The molecule has 0 aromatic rings. The van der Waals surface area contributed by atoms with Crippen LogP contribution in [0.25, 0.3) is 0 Å². The molecule has 20 heavy (non-hydrogen) atoms. The second-order valence-corrected chi connectivity index (χ2v) is 6.78. The minimum Gasteiger partial charge on any atom is -0.391 e. The summed E-state index contributed by atoms with van der Waals surface area (Å²) in [5, 5.41) is 3.12. The molecule has 1 saturated heterocycles. The first-order chi connectivity index (χ1) is 9.48. The summed E-state index contributed by atoms with van der Waals surface area (Å²) < 4.78 is 5.54. The van der Waals surface area contributed by atoms with Crippen LogP contribution >= 0.6 is 12.2 Å². The van der Waals surface area contributed by atoms with Crippen LogP contribution in [-0.4, -0.2) is 29.1 Å². The molecule has 2 fully saturated rings. The van der Waals surface area contributed by atoms with Gasteiger partial charge in [0.05, 0.1) is 10.5 Å². The van der Waals surface area contributed by atoms with Crippen molar-refractivity contribution < 1.29 is 9.53 Å². The Morgan fingerprint density at radius 2 is 2.05 bits per heavy atom. The fourth-order valence-corrected chi connectivity index (χ4v) is 3.60. The molecule has 1 heterocycles. The zero-order chi connectivity index (χ0) is 14.8. The molecule has 1 amide bonds. The average Bonchev–Trinajstić information content (AvgIpc) is 2.85. The van der Waals surface area contributed by atoms with Gasteiger partial charge >= 0.3 is 0 Å². The molecule has 0 aromatic heterocycles. The van der Waals surface area contributed by atoms with Gasteiger partial charge in [-0.1, -0.05) is 32.5 Å². The summed E-state index contributed by atoms with van der Waals surface area (Å²) in [6.45, 7) is 4.93. The lowest BCUT2D eigenvalue weighted by Gasteiger charge is -2.40. The summed E-state index contributed by atoms with van der Waals surface area (Å²) in [5.41, 5.74) is 5.45. The highest BCUT2D eigenvalue weighted by Gasteiger charge is 2.41. The van der Waals surface area contributed by atoms with Gasteiger partial charge in [0, 0.05) is 6.61 Å². The summed E-state index contributed by atoms with van der Waals surface area (Å²) >= 11 is 5.25. The highest BCUT2D eigenvalue weighted by Crippen LogP contribution is 2.34. The van der Waals surface area contributed by atoms with Crippen molar-refractivity contribution in [2.45, 2.75) is 64.0 Å². The van der Waals surface area contributed by atoms with E-state index in [9.17, 15) is 4.79 Å². The van der Waals surface area contributed by atoms with Gasteiger partial charge in [0.15, 0.2) is 0 Å². The number of rotatable bonds is 4. The molecule has 1 aliphatic heterocycles. The van der Waals surface area contributed by atoms with E-state index < -0.39 is 5.54 Å². The number of carbonyl (C=O) groups is 1. The van der Waals surface area contributed by atoms with Crippen LogP contribution in [0.4, 0.5) is 0 Å². The van der Waals surface area contributed by atoms with Crippen molar-refractivity contribution >= 4 is 23.1 Å². The van der Waals surface area contributed by atoms with Crippen molar-refractivity contribution in [1.29, 1.82) is 0 Å². The lowest BCUT2D eigenvalue weighted by molar-refractivity contribution is -0.133. The molecule has 2 rings (SSSR count). The van der Waals surface area contributed by atoms with E-state index >= 15 is 0 Å². The van der Waals surface area contributed by atoms with E-state index in [2.05, 4.69) is 19.2 Å². The minimum atomic E-state index is -0.496. The molecule has 1 aliphatic carbocycles. The number of hydrogen-bond donors (Lipinski definition) is 2. The van der Waals surface area contributed by atoms with Gasteiger partial charge in [0.25, 0.3) is 0 Å². The topological polar surface area (TPSA) is 64.3 Å². The Kier molecular flexibility index (Phi) is 5.02. The quantitative estimate of drug-likeness (QED) is 0.781. The fraction of sp³-hybridized carbons (Fsp3) is 0.867. The normalized spacial score (nSPS) is 37.6. The molecular weight excluding hydrogens is 272 g/mol. The third-order valence-corrected chi connectivity index (χ3v) is 5.41. The maximum Gasteiger partial charge on any atom is 0.250 e. The zero-order valence-corrected chi connectivity index (χ0v) is 13.3. The van der Waals surface area contributed by atoms with E-state index in [1.54, 1.807) is 0 Å². The van der Waals surface area contributed by atoms with Crippen LogP contribution in [-0.2, 0) is 9.53 Å². The van der Waals surface area contributed by atoms with E-state index in [1.165, 1.54) is 6.42 Å². The zero-order valence-electron chi connectivity index (χ0n) is 12.5. The Balaban J connectivity index is 2.03. The van der Waals surface area contributed by atoms with E-state index in [0.29, 0.717) is 11.6 Å². The van der Waals surface area contributed by atoms with Crippen LogP contribution < -0.4 is 11.1 Å². The third-order valence-electron chi connectivity index (χ3n) is 5.02. The lowest BCUT2D eigenvalue weighted by Crippen LogP contribution is -2.60. The number of amides is 1. The number of nitrogens with two attached hydrogens (primary N) is 1. The van der Waals surface area contributed by atoms with Gasteiger partial charge in [0.1, 0.15) is 6.10 Å². The van der Waals surface area contributed by atoms with E-state index in [0.717, 1.165) is 38.0 Å². The highest BCUT2D eigenvalue weighted by molar-refractivity contribution is 7.80. The van der Waals surface area contributed by atoms with Crippen molar-refractivity contribution in [2.24, 2.45) is 17.6 Å². The molecule has 0 radical (unpaired) electrons. The molecule has 1 saturated carbocycles. The monoisotopic (exact) mass is 298 g/mol. The smallest absolute Gasteiger partial charge is 0.250 e. The molecule has 2 atom stereocenters. The van der Waals surface area contributed by atoms with Crippen molar-refractivity contribution in [3.63, 3.8) is 0 Å². The molecule has 2 aliphatic rings. The van der Waals surface area contributed by atoms with E-state index in [-0.39, 0.29) is 17.9 Å². The van der Waals surface area contributed by atoms with Gasteiger partial charge in [-0.25, -0.2) is 0 Å². The minimum absolute atomic E-state index is 0.0438. The van der Waals surface area contributed by atoms with Crippen molar-refractivity contribution in [1.82, 2.24) is 5.32 Å². The number of carbonyl (C=O) groups excluding carboxylic acids is 1. The molecular formula is C15H26N2O2S. The maximum absolute atomic E-state index is 12.4. The van der Waals surface area contributed by atoms with Gasteiger partial charge in [-0.3, -0.25) is 4.79 Å².